The molecule has 0 aromatic heterocycles. The number of rotatable bonds is 0. The molecule has 13 heavy (non-hydrogen) atoms. The molecule has 1 aromatic rings. The van der Waals surface area contributed by atoms with E-state index in [0.717, 1.165) is 18.7 Å². The Balaban J connectivity index is 2.43. The van der Waals surface area contributed by atoms with Crippen LogP contribution in [0.5, 0.6) is 5.75 Å². The second-order valence-corrected chi connectivity index (χ2v) is 3.69. The fourth-order valence-corrected chi connectivity index (χ4v) is 1.86. The van der Waals surface area contributed by atoms with E-state index < -0.39 is 0 Å². The molecule has 0 amide bonds. The second kappa shape index (κ2) is 3.01. The first-order valence-electron chi connectivity index (χ1n) is 4.43. The molecule has 0 saturated carbocycles. The van der Waals surface area contributed by atoms with Crippen LogP contribution >= 0.6 is 0 Å². The van der Waals surface area contributed by atoms with E-state index in [1.165, 1.54) is 5.56 Å². The maximum atomic E-state index is 9.30. The van der Waals surface area contributed by atoms with Gasteiger partial charge in [-0.2, -0.15) is 0 Å². The number of benzene rings is 1. The van der Waals surface area contributed by atoms with Crippen molar-refractivity contribution < 1.29 is 5.11 Å². The summed E-state index contributed by atoms with van der Waals surface area (Å²) in [5.41, 5.74) is 8.26. The minimum atomic E-state index is 0.0286. The Morgan fingerprint density at radius 3 is 3.08 bits per heavy atom. The first-order valence-corrected chi connectivity index (χ1v) is 4.43. The number of nitrogens with two attached hydrogens (primary N) is 1. The van der Waals surface area contributed by atoms with E-state index in [1.807, 2.05) is 6.07 Å². The summed E-state index contributed by atoms with van der Waals surface area (Å²) in [6.45, 7) is 1.78. The molecule has 1 heterocycles. The third-order valence-electron chi connectivity index (χ3n) is 2.48. The highest BCUT2D eigenvalue weighted by Gasteiger charge is 2.19. The third-order valence-corrected chi connectivity index (χ3v) is 2.48. The lowest BCUT2D eigenvalue weighted by molar-refractivity contribution is 0.282. The Morgan fingerprint density at radius 1 is 1.54 bits per heavy atom. The maximum Gasteiger partial charge on any atom is 0.115 e. The third kappa shape index (κ3) is 1.53. The molecule has 0 radical (unpaired) electrons. The van der Waals surface area contributed by atoms with Gasteiger partial charge in [0.2, 0.25) is 0 Å². The minimum absolute atomic E-state index is 0.0286. The molecule has 70 valence electrons. The minimum Gasteiger partial charge on any atom is -0.508 e. The van der Waals surface area contributed by atoms with E-state index in [2.05, 4.69) is 11.9 Å². The zero-order valence-electron chi connectivity index (χ0n) is 7.70. The molecule has 1 aliphatic rings. The maximum absolute atomic E-state index is 9.30. The SMILES string of the molecule is CN1Cc2ccc(O)cc2C(N)C1. The van der Waals surface area contributed by atoms with E-state index in [9.17, 15) is 5.11 Å². The summed E-state index contributed by atoms with van der Waals surface area (Å²) in [4.78, 5) is 2.18. The number of nitrogens with zero attached hydrogens (tertiary/aromatic N) is 1. The van der Waals surface area contributed by atoms with Crippen molar-refractivity contribution in [1.29, 1.82) is 0 Å². The summed E-state index contributed by atoms with van der Waals surface area (Å²) in [6, 6.07) is 5.46. The average Bonchev–Trinajstić information content (AvgIpc) is 2.06. The van der Waals surface area contributed by atoms with Crippen molar-refractivity contribution in [3.63, 3.8) is 0 Å². The molecule has 1 aromatic carbocycles. The molecule has 0 aliphatic carbocycles. The Kier molecular flexibility index (Phi) is 1.98. The Hall–Kier alpha value is -1.06. The topological polar surface area (TPSA) is 49.5 Å². The average molecular weight is 178 g/mol. The van der Waals surface area contributed by atoms with Gasteiger partial charge in [-0.05, 0) is 30.3 Å². The van der Waals surface area contributed by atoms with E-state index in [4.69, 9.17) is 5.73 Å². The molecule has 1 unspecified atom stereocenters. The molecule has 3 heteroatoms. The first kappa shape index (κ1) is 8.53. The molecule has 2 rings (SSSR count). The van der Waals surface area contributed by atoms with Crippen molar-refractivity contribution in [2.75, 3.05) is 13.6 Å². The van der Waals surface area contributed by atoms with Gasteiger partial charge >= 0.3 is 0 Å². The van der Waals surface area contributed by atoms with Crippen LogP contribution in [0.1, 0.15) is 17.2 Å². The standard InChI is InChI=1S/C10H14N2O/c1-12-5-7-2-3-8(13)4-9(7)10(11)6-12/h2-4,10,13H,5-6,11H2,1H3. The van der Waals surface area contributed by atoms with E-state index in [1.54, 1.807) is 12.1 Å². The van der Waals surface area contributed by atoms with Gasteiger partial charge in [0.25, 0.3) is 0 Å². The normalized spacial score (nSPS) is 22.8. The van der Waals surface area contributed by atoms with Gasteiger partial charge in [-0.25, -0.2) is 0 Å². The highest BCUT2D eigenvalue weighted by molar-refractivity contribution is 5.38. The molecule has 0 saturated heterocycles. The number of phenolic OH excluding ortho intramolecular Hbond substituents is 1. The van der Waals surface area contributed by atoms with E-state index in [-0.39, 0.29) is 6.04 Å². The highest BCUT2D eigenvalue weighted by atomic mass is 16.3. The lowest BCUT2D eigenvalue weighted by atomic mass is 9.96. The number of hydrogen-bond donors (Lipinski definition) is 2. The zero-order valence-corrected chi connectivity index (χ0v) is 7.70. The number of aromatic hydroxyl groups is 1. The molecule has 0 fully saturated rings. The van der Waals surface area contributed by atoms with Gasteiger partial charge in [0.15, 0.2) is 0 Å². The number of phenols is 1. The van der Waals surface area contributed by atoms with Gasteiger partial charge in [-0.15, -0.1) is 0 Å². The van der Waals surface area contributed by atoms with Gasteiger partial charge in [-0.3, -0.25) is 0 Å². The van der Waals surface area contributed by atoms with Crippen LogP contribution < -0.4 is 5.73 Å². The fourth-order valence-electron chi connectivity index (χ4n) is 1.86. The number of likely N-dealkylation sites (N-methyl/N-ethyl adjacent to an activating group) is 1. The Bertz CT molecular complexity index is 325. The number of fused-ring (bicyclic) bond motifs is 1. The molecule has 1 atom stereocenters. The van der Waals surface area contributed by atoms with Crippen LogP contribution in [0.25, 0.3) is 0 Å². The predicted octanol–water partition coefficient (Wildman–Crippen LogP) is 0.837. The highest BCUT2D eigenvalue weighted by Crippen LogP contribution is 2.26. The molecule has 3 N–H and O–H groups in total. The quantitative estimate of drug-likeness (QED) is 0.619. The van der Waals surface area contributed by atoms with Gasteiger partial charge in [0.1, 0.15) is 5.75 Å². The smallest absolute Gasteiger partial charge is 0.115 e. The monoisotopic (exact) mass is 178 g/mol. The summed E-state index contributed by atoms with van der Waals surface area (Å²) < 4.78 is 0. The largest absolute Gasteiger partial charge is 0.508 e. The van der Waals surface area contributed by atoms with Crippen molar-refractivity contribution in [2.45, 2.75) is 12.6 Å². The Morgan fingerprint density at radius 2 is 2.31 bits per heavy atom. The Labute approximate surface area is 77.8 Å². The van der Waals surface area contributed by atoms with Crippen molar-refractivity contribution in [1.82, 2.24) is 4.90 Å². The van der Waals surface area contributed by atoms with Crippen LogP contribution in [0, 0.1) is 0 Å². The summed E-state index contributed by atoms with van der Waals surface area (Å²) >= 11 is 0. The van der Waals surface area contributed by atoms with E-state index >= 15 is 0 Å². The molecular weight excluding hydrogens is 164 g/mol. The van der Waals surface area contributed by atoms with Crippen LogP contribution in [0.3, 0.4) is 0 Å². The summed E-state index contributed by atoms with van der Waals surface area (Å²) in [6.07, 6.45) is 0. The fraction of sp³-hybridized carbons (Fsp3) is 0.400. The summed E-state index contributed by atoms with van der Waals surface area (Å²) in [5.74, 6) is 0.304. The van der Waals surface area contributed by atoms with Crippen LogP contribution in [0.2, 0.25) is 0 Å². The van der Waals surface area contributed by atoms with Gasteiger partial charge in [-0.1, -0.05) is 6.07 Å². The van der Waals surface area contributed by atoms with E-state index in [0.29, 0.717) is 5.75 Å². The molecule has 1 aliphatic heterocycles. The van der Waals surface area contributed by atoms with Gasteiger partial charge in [0.05, 0.1) is 0 Å². The molecule has 3 nitrogen and oxygen atoms in total. The predicted molar refractivity (Wildman–Crippen MR) is 51.4 cm³/mol. The van der Waals surface area contributed by atoms with Crippen molar-refractivity contribution >= 4 is 0 Å². The van der Waals surface area contributed by atoms with Gasteiger partial charge < -0.3 is 15.7 Å². The molecule has 0 spiro atoms. The van der Waals surface area contributed by atoms with Crippen LogP contribution in [0.15, 0.2) is 18.2 Å². The zero-order chi connectivity index (χ0) is 9.42. The van der Waals surface area contributed by atoms with Crippen LogP contribution in [-0.2, 0) is 6.54 Å². The van der Waals surface area contributed by atoms with Crippen LogP contribution in [-0.4, -0.2) is 23.6 Å². The lowest BCUT2D eigenvalue weighted by Crippen LogP contribution is -2.34. The van der Waals surface area contributed by atoms with Gasteiger partial charge in [0, 0.05) is 19.1 Å². The number of hydrogen-bond acceptors (Lipinski definition) is 3. The summed E-state index contributed by atoms with van der Waals surface area (Å²) in [5, 5.41) is 9.30. The van der Waals surface area contributed by atoms with Crippen LogP contribution in [0.4, 0.5) is 0 Å². The molecular formula is C10H14N2O. The van der Waals surface area contributed by atoms with Crippen molar-refractivity contribution in [3.05, 3.63) is 29.3 Å². The van der Waals surface area contributed by atoms with Crippen molar-refractivity contribution in [2.24, 2.45) is 5.73 Å². The second-order valence-electron chi connectivity index (χ2n) is 3.69. The van der Waals surface area contributed by atoms with Crippen molar-refractivity contribution in [3.8, 4) is 5.75 Å². The molecule has 0 bridgehead atoms. The lowest BCUT2D eigenvalue weighted by Gasteiger charge is -2.29. The summed E-state index contributed by atoms with van der Waals surface area (Å²) in [7, 11) is 2.05. The first-order chi connectivity index (χ1) is 6.16.